The summed E-state index contributed by atoms with van der Waals surface area (Å²) in [6.45, 7) is 0. The third kappa shape index (κ3) is 3.08. The number of ether oxygens (including phenoxy) is 1. The summed E-state index contributed by atoms with van der Waals surface area (Å²) in [4.78, 5) is 16.4. The number of alkyl carbamates (subject to hydrolysis) is 1. The van der Waals surface area contributed by atoms with Gasteiger partial charge < -0.3 is 10.1 Å². The van der Waals surface area contributed by atoms with Gasteiger partial charge in [-0.1, -0.05) is 36.4 Å². The van der Waals surface area contributed by atoms with Gasteiger partial charge in [0.1, 0.15) is 11.9 Å². The minimum absolute atomic E-state index is 0.291. The van der Waals surface area contributed by atoms with E-state index in [1.165, 1.54) is 12.1 Å². The van der Waals surface area contributed by atoms with Gasteiger partial charge in [-0.05, 0) is 42.0 Å². The van der Waals surface area contributed by atoms with Crippen LogP contribution in [0.15, 0.2) is 72.8 Å². The highest BCUT2D eigenvalue weighted by Gasteiger charge is 2.37. The number of rotatable bonds is 3. The highest BCUT2D eigenvalue weighted by atomic mass is 19.1. The molecule has 0 radical (unpaired) electrons. The second-order valence-corrected chi connectivity index (χ2v) is 5.81. The quantitative estimate of drug-likeness (QED) is 0.772. The second-order valence-electron chi connectivity index (χ2n) is 5.81. The Morgan fingerprint density at radius 2 is 1.68 bits per heavy atom. The molecule has 1 aliphatic heterocycles. The molecule has 4 nitrogen and oxygen atoms in total. The van der Waals surface area contributed by atoms with E-state index < -0.39 is 12.2 Å². The normalized spacial score (nSPS) is 19.3. The van der Waals surface area contributed by atoms with Crippen LogP contribution in [0.2, 0.25) is 0 Å². The summed E-state index contributed by atoms with van der Waals surface area (Å²) >= 11 is 0. The fraction of sp³-hybridized carbons (Fsp3) is 0.100. The Kier molecular flexibility index (Phi) is 3.90. The monoisotopic (exact) mass is 334 g/mol. The highest BCUT2D eigenvalue weighted by molar-refractivity contribution is 5.71. The van der Waals surface area contributed by atoms with Crippen molar-refractivity contribution < 1.29 is 13.9 Å². The van der Waals surface area contributed by atoms with Crippen molar-refractivity contribution in [1.82, 2.24) is 10.3 Å². The van der Waals surface area contributed by atoms with Crippen molar-refractivity contribution in [3.8, 4) is 11.3 Å². The van der Waals surface area contributed by atoms with Crippen LogP contribution in [-0.4, -0.2) is 11.1 Å². The van der Waals surface area contributed by atoms with Crippen molar-refractivity contribution in [1.29, 1.82) is 0 Å². The molecule has 4 rings (SSSR count). The van der Waals surface area contributed by atoms with Gasteiger partial charge in [-0.15, -0.1) is 0 Å². The van der Waals surface area contributed by atoms with Crippen molar-refractivity contribution in [3.05, 3.63) is 89.9 Å². The molecule has 1 N–H and O–H groups in total. The summed E-state index contributed by atoms with van der Waals surface area (Å²) in [5, 5.41) is 2.82. The summed E-state index contributed by atoms with van der Waals surface area (Å²) in [7, 11) is 0. The Bertz CT molecular complexity index is 897. The molecular formula is C20H15FN2O2. The van der Waals surface area contributed by atoms with Crippen molar-refractivity contribution in [2.75, 3.05) is 0 Å². The third-order valence-corrected chi connectivity index (χ3v) is 4.17. The summed E-state index contributed by atoms with van der Waals surface area (Å²) < 4.78 is 18.6. The molecule has 2 heterocycles. The molecule has 2 aromatic carbocycles. The van der Waals surface area contributed by atoms with E-state index in [9.17, 15) is 9.18 Å². The van der Waals surface area contributed by atoms with Crippen LogP contribution in [0.5, 0.6) is 0 Å². The SMILES string of the molecule is O=C1N[C@H](c2cccc(-c3ccc(F)cc3)n2)[C@@H](c2ccccc2)O1. The van der Waals surface area contributed by atoms with Crippen LogP contribution in [0.1, 0.15) is 23.4 Å². The van der Waals surface area contributed by atoms with Gasteiger partial charge in [-0.3, -0.25) is 4.98 Å². The smallest absolute Gasteiger partial charge is 0.408 e. The lowest BCUT2D eigenvalue weighted by Crippen LogP contribution is -2.20. The Hall–Kier alpha value is -3.21. The molecule has 0 unspecified atom stereocenters. The number of benzene rings is 2. The zero-order chi connectivity index (χ0) is 17.2. The lowest BCUT2D eigenvalue weighted by atomic mass is 9.99. The Balaban J connectivity index is 1.70. The third-order valence-electron chi connectivity index (χ3n) is 4.17. The predicted octanol–water partition coefficient (Wildman–Crippen LogP) is 4.41. The molecule has 1 aromatic heterocycles. The van der Waals surface area contributed by atoms with Gasteiger partial charge in [-0.25, -0.2) is 9.18 Å². The molecule has 0 spiro atoms. The van der Waals surface area contributed by atoms with Gasteiger partial charge in [0.25, 0.3) is 0 Å². The first-order valence-electron chi connectivity index (χ1n) is 7.96. The topological polar surface area (TPSA) is 51.2 Å². The fourth-order valence-electron chi connectivity index (χ4n) is 2.96. The maximum atomic E-state index is 13.1. The minimum atomic E-state index is -0.465. The van der Waals surface area contributed by atoms with Gasteiger partial charge in [0.15, 0.2) is 6.10 Å². The standard InChI is InChI=1S/C20H15FN2O2/c21-15-11-9-13(10-12-15)16-7-4-8-17(22-16)18-19(25-20(24)23-18)14-5-2-1-3-6-14/h1-12,18-19H,(H,23,24)/t18-,19-/m1/s1. The fourth-order valence-corrected chi connectivity index (χ4v) is 2.96. The largest absolute Gasteiger partial charge is 0.439 e. The van der Waals surface area contributed by atoms with E-state index in [-0.39, 0.29) is 11.9 Å². The van der Waals surface area contributed by atoms with Crippen LogP contribution in [0.4, 0.5) is 9.18 Å². The van der Waals surface area contributed by atoms with E-state index in [1.807, 2.05) is 48.5 Å². The maximum Gasteiger partial charge on any atom is 0.408 e. The lowest BCUT2D eigenvalue weighted by Gasteiger charge is -2.17. The molecule has 2 atom stereocenters. The van der Waals surface area contributed by atoms with Gasteiger partial charge in [0.05, 0.1) is 11.4 Å². The number of aromatic nitrogens is 1. The zero-order valence-corrected chi connectivity index (χ0v) is 13.2. The minimum Gasteiger partial charge on any atom is -0.439 e. The van der Waals surface area contributed by atoms with E-state index >= 15 is 0 Å². The number of nitrogens with one attached hydrogen (secondary N) is 1. The van der Waals surface area contributed by atoms with Crippen LogP contribution < -0.4 is 5.32 Å². The average Bonchev–Trinajstić information content (AvgIpc) is 3.05. The number of nitrogens with zero attached hydrogens (tertiary/aromatic N) is 1. The number of pyridine rings is 1. The highest BCUT2D eigenvalue weighted by Crippen LogP contribution is 2.36. The van der Waals surface area contributed by atoms with Crippen molar-refractivity contribution in [3.63, 3.8) is 0 Å². The number of amides is 1. The predicted molar refractivity (Wildman–Crippen MR) is 91.2 cm³/mol. The molecule has 0 aliphatic carbocycles. The molecule has 0 saturated carbocycles. The molecule has 25 heavy (non-hydrogen) atoms. The summed E-state index contributed by atoms with van der Waals surface area (Å²) in [6, 6.07) is 20.9. The van der Waals surface area contributed by atoms with Gasteiger partial charge in [0, 0.05) is 5.56 Å². The number of hydrogen-bond donors (Lipinski definition) is 1. The Morgan fingerprint density at radius 1 is 0.920 bits per heavy atom. The summed E-state index contributed by atoms with van der Waals surface area (Å²) in [6.07, 6.45) is -0.905. The first-order chi connectivity index (χ1) is 12.2. The van der Waals surface area contributed by atoms with E-state index in [1.54, 1.807) is 12.1 Å². The van der Waals surface area contributed by atoms with Crippen LogP contribution in [0.3, 0.4) is 0 Å². The molecule has 0 bridgehead atoms. The number of hydrogen-bond acceptors (Lipinski definition) is 3. The Labute approximate surface area is 144 Å². The molecular weight excluding hydrogens is 319 g/mol. The van der Waals surface area contributed by atoms with Crippen LogP contribution in [-0.2, 0) is 4.74 Å². The van der Waals surface area contributed by atoms with Gasteiger partial charge in [-0.2, -0.15) is 0 Å². The molecule has 1 fully saturated rings. The van der Waals surface area contributed by atoms with Crippen molar-refractivity contribution in [2.45, 2.75) is 12.1 Å². The van der Waals surface area contributed by atoms with Crippen molar-refractivity contribution >= 4 is 6.09 Å². The average molecular weight is 334 g/mol. The maximum absolute atomic E-state index is 13.1. The van der Waals surface area contributed by atoms with E-state index in [0.717, 1.165) is 11.1 Å². The number of carbonyl (C=O) groups is 1. The van der Waals surface area contributed by atoms with Crippen LogP contribution in [0.25, 0.3) is 11.3 Å². The molecule has 124 valence electrons. The first-order valence-corrected chi connectivity index (χ1v) is 7.96. The van der Waals surface area contributed by atoms with Crippen molar-refractivity contribution in [2.24, 2.45) is 0 Å². The molecule has 3 aromatic rings. The zero-order valence-electron chi connectivity index (χ0n) is 13.2. The lowest BCUT2D eigenvalue weighted by molar-refractivity contribution is 0.132. The van der Waals surface area contributed by atoms with Crippen LogP contribution >= 0.6 is 0 Å². The molecule has 1 saturated heterocycles. The van der Waals surface area contributed by atoms with E-state index in [4.69, 9.17) is 4.74 Å². The number of halogens is 1. The van der Waals surface area contributed by atoms with Gasteiger partial charge >= 0.3 is 6.09 Å². The number of cyclic esters (lactones) is 1. The Morgan fingerprint density at radius 3 is 2.44 bits per heavy atom. The van der Waals surface area contributed by atoms with E-state index in [2.05, 4.69) is 10.3 Å². The van der Waals surface area contributed by atoms with Crippen LogP contribution in [0, 0.1) is 5.82 Å². The summed E-state index contributed by atoms with van der Waals surface area (Å²) in [5.74, 6) is -0.291. The molecule has 1 aliphatic rings. The number of carbonyl (C=O) groups excluding carboxylic acids is 1. The van der Waals surface area contributed by atoms with E-state index in [0.29, 0.717) is 11.4 Å². The first kappa shape index (κ1) is 15.3. The molecule has 1 amide bonds. The molecule has 5 heteroatoms. The summed E-state index contributed by atoms with van der Waals surface area (Å²) in [5.41, 5.74) is 3.12. The second kappa shape index (κ2) is 6.36. The van der Waals surface area contributed by atoms with Gasteiger partial charge in [0.2, 0.25) is 0 Å².